The smallest absolute Gasteiger partial charge is 0.382 e. The molecule has 0 bridgehead atoms. The molecule has 5 rings (SSSR count). The number of benzene rings is 1. The summed E-state index contributed by atoms with van der Waals surface area (Å²) in [5.41, 5.74) is 1.11. The first-order chi connectivity index (χ1) is 14.3. The van der Waals surface area contributed by atoms with Gasteiger partial charge in [0.05, 0.1) is 11.8 Å². The van der Waals surface area contributed by atoms with E-state index < -0.39 is 12.6 Å². The van der Waals surface area contributed by atoms with E-state index in [0.29, 0.717) is 16.3 Å². The maximum absolute atomic E-state index is 13.1. The maximum atomic E-state index is 13.1. The van der Waals surface area contributed by atoms with E-state index in [9.17, 15) is 17.6 Å². The Hall–Kier alpha value is -2.42. The normalized spacial score (nSPS) is 23.9. The Kier molecular flexibility index (Phi) is 4.61. The van der Waals surface area contributed by atoms with E-state index in [1.807, 2.05) is 0 Å². The zero-order valence-electron chi connectivity index (χ0n) is 16.0. The Morgan fingerprint density at radius 1 is 1.17 bits per heavy atom. The Morgan fingerprint density at radius 2 is 1.93 bits per heavy atom. The first-order valence-electron chi connectivity index (χ1n) is 9.86. The van der Waals surface area contributed by atoms with Crippen molar-refractivity contribution in [2.75, 3.05) is 23.3 Å². The molecule has 4 nitrogen and oxygen atoms in total. The molecular weight excluding hydrogens is 416 g/mol. The Bertz CT molecular complexity index is 1060. The molecule has 2 fully saturated rings. The van der Waals surface area contributed by atoms with Gasteiger partial charge in [0.1, 0.15) is 22.8 Å². The summed E-state index contributed by atoms with van der Waals surface area (Å²) < 4.78 is 51.4. The zero-order valence-corrected chi connectivity index (χ0v) is 16.9. The lowest BCUT2D eigenvalue weighted by Gasteiger charge is -2.46. The van der Waals surface area contributed by atoms with Gasteiger partial charge in [-0.05, 0) is 55.0 Å². The number of fused-ring (bicyclic) bond motifs is 1. The molecule has 3 aromatic rings. The van der Waals surface area contributed by atoms with Crippen LogP contribution in [0.3, 0.4) is 0 Å². The highest BCUT2D eigenvalue weighted by atomic mass is 32.1. The SMILES string of the molecule is Fc1ccc(NC2CC3(CCN(c4ncnc5sc(CC(F)(F)F)cc45)C3)C2)cc1. The van der Waals surface area contributed by atoms with Crippen LogP contribution in [-0.4, -0.2) is 35.3 Å². The van der Waals surface area contributed by atoms with Crippen molar-refractivity contribution in [2.45, 2.75) is 37.9 Å². The van der Waals surface area contributed by atoms with Gasteiger partial charge < -0.3 is 10.2 Å². The lowest BCUT2D eigenvalue weighted by molar-refractivity contribution is -0.126. The summed E-state index contributed by atoms with van der Waals surface area (Å²) in [6.45, 7) is 1.67. The monoisotopic (exact) mass is 436 g/mol. The third-order valence-corrected chi connectivity index (χ3v) is 7.09. The van der Waals surface area contributed by atoms with Crippen molar-refractivity contribution < 1.29 is 17.6 Å². The second-order valence-corrected chi connectivity index (χ2v) is 9.46. The van der Waals surface area contributed by atoms with Crippen molar-refractivity contribution in [1.82, 2.24) is 9.97 Å². The molecule has 1 aliphatic heterocycles. The first kappa shape index (κ1) is 19.5. The summed E-state index contributed by atoms with van der Waals surface area (Å²) in [5.74, 6) is 0.483. The molecule has 30 heavy (non-hydrogen) atoms. The highest BCUT2D eigenvalue weighted by Crippen LogP contribution is 2.50. The molecule has 0 radical (unpaired) electrons. The molecule has 2 aromatic heterocycles. The predicted octanol–water partition coefficient (Wildman–Crippen LogP) is 5.41. The fourth-order valence-corrected chi connectivity index (χ4v) is 5.77. The van der Waals surface area contributed by atoms with Crippen LogP contribution in [0.4, 0.5) is 29.1 Å². The molecule has 0 atom stereocenters. The Labute approximate surface area is 174 Å². The number of aromatic nitrogens is 2. The Morgan fingerprint density at radius 3 is 2.67 bits per heavy atom. The highest BCUT2D eigenvalue weighted by molar-refractivity contribution is 7.18. The number of hydrogen-bond acceptors (Lipinski definition) is 5. The third-order valence-electron chi connectivity index (χ3n) is 6.05. The van der Waals surface area contributed by atoms with Crippen molar-refractivity contribution in [2.24, 2.45) is 5.41 Å². The lowest BCUT2D eigenvalue weighted by Crippen LogP contribution is -2.46. The molecule has 0 amide bonds. The van der Waals surface area contributed by atoms with Crippen LogP contribution in [0.15, 0.2) is 36.7 Å². The van der Waals surface area contributed by atoms with Gasteiger partial charge in [-0.15, -0.1) is 11.3 Å². The molecule has 3 heterocycles. The van der Waals surface area contributed by atoms with E-state index >= 15 is 0 Å². The fourth-order valence-electron chi connectivity index (χ4n) is 4.75. The predicted molar refractivity (Wildman–Crippen MR) is 109 cm³/mol. The van der Waals surface area contributed by atoms with Gasteiger partial charge in [-0.1, -0.05) is 0 Å². The largest absolute Gasteiger partial charge is 0.393 e. The maximum Gasteiger partial charge on any atom is 0.393 e. The molecule has 1 aromatic carbocycles. The summed E-state index contributed by atoms with van der Waals surface area (Å²) in [6, 6.07) is 8.32. The second kappa shape index (κ2) is 7.08. The van der Waals surface area contributed by atoms with Crippen molar-refractivity contribution in [3.63, 3.8) is 0 Å². The van der Waals surface area contributed by atoms with Crippen LogP contribution in [0.2, 0.25) is 0 Å². The summed E-state index contributed by atoms with van der Waals surface area (Å²) in [7, 11) is 0. The van der Waals surface area contributed by atoms with Crippen LogP contribution >= 0.6 is 11.3 Å². The molecule has 1 saturated heterocycles. The van der Waals surface area contributed by atoms with E-state index in [1.54, 1.807) is 18.2 Å². The van der Waals surface area contributed by atoms with Gasteiger partial charge >= 0.3 is 6.18 Å². The first-order valence-corrected chi connectivity index (χ1v) is 10.7. The number of thiophene rings is 1. The van der Waals surface area contributed by atoms with Crippen LogP contribution in [-0.2, 0) is 6.42 Å². The average Bonchev–Trinajstić information content (AvgIpc) is 3.25. The molecule has 0 unspecified atom stereocenters. The second-order valence-electron chi connectivity index (χ2n) is 8.35. The molecule has 2 aliphatic rings. The van der Waals surface area contributed by atoms with Gasteiger partial charge in [0.15, 0.2) is 0 Å². The molecular formula is C21H20F4N4S. The lowest BCUT2D eigenvalue weighted by atomic mass is 9.65. The third kappa shape index (κ3) is 3.82. The molecule has 1 N–H and O–H groups in total. The average molecular weight is 436 g/mol. The number of halogens is 4. The van der Waals surface area contributed by atoms with Gasteiger partial charge in [-0.3, -0.25) is 0 Å². The molecule has 1 aliphatic carbocycles. The van der Waals surface area contributed by atoms with E-state index in [4.69, 9.17) is 0 Å². The number of anilines is 2. The minimum Gasteiger partial charge on any atom is -0.382 e. The quantitative estimate of drug-likeness (QED) is 0.556. The standard InChI is InChI=1S/C21H20F4N4S/c22-13-1-3-14(4-2-13)28-15-8-20(9-15)5-6-29(11-20)18-17-7-16(10-21(23,24)25)30-19(17)27-12-26-18/h1-4,7,12,15,28H,5-6,8-11H2. The molecule has 1 saturated carbocycles. The van der Waals surface area contributed by atoms with Crippen LogP contribution in [0, 0.1) is 11.2 Å². The van der Waals surface area contributed by atoms with Crippen LogP contribution in [0.1, 0.15) is 24.1 Å². The summed E-state index contributed by atoms with van der Waals surface area (Å²) in [4.78, 5) is 11.6. The van der Waals surface area contributed by atoms with Crippen molar-refractivity contribution >= 4 is 33.1 Å². The topological polar surface area (TPSA) is 41.0 Å². The number of rotatable bonds is 4. The molecule has 9 heteroatoms. The van der Waals surface area contributed by atoms with Crippen molar-refractivity contribution in [3.05, 3.63) is 47.4 Å². The van der Waals surface area contributed by atoms with E-state index in [-0.39, 0.29) is 16.1 Å². The fraction of sp³-hybridized carbons (Fsp3) is 0.429. The molecule has 158 valence electrons. The van der Waals surface area contributed by atoms with E-state index in [0.717, 1.165) is 55.2 Å². The van der Waals surface area contributed by atoms with Gasteiger partial charge in [0, 0.05) is 29.7 Å². The number of nitrogens with zero attached hydrogens (tertiary/aromatic N) is 3. The highest BCUT2D eigenvalue weighted by Gasteiger charge is 2.49. The number of nitrogens with one attached hydrogen (secondary N) is 1. The minimum absolute atomic E-state index is 0.194. The summed E-state index contributed by atoms with van der Waals surface area (Å²) in [6.07, 6.45) is -0.676. The minimum atomic E-state index is -4.23. The van der Waals surface area contributed by atoms with E-state index in [1.165, 1.54) is 18.5 Å². The van der Waals surface area contributed by atoms with Crippen LogP contribution in [0.5, 0.6) is 0 Å². The summed E-state index contributed by atoms with van der Waals surface area (Å²) in [5, 5.41) is 4.16. The van der Waals surface area contributed by atoms with Gasteiger partial charge in [0.2, 0.25) is 0 Å². The zero-order chi connectivity index (χ0) is 20.9. The van der Waals surface area contributed by atoms with Crippen molar-refractivity contribution in [3.8, 4) is 0 Å². The molecule has 1 spiro atoms. The number of alkyl halides is 3. The van der Waals surface area contributed by atoms with Gasteiger partial charge in [-0.25, -0.2) is 14.4 Å². The van der Waals surface area contributed by atoms with Crippen molar-refractivity contribution in [1.29, 1.82) is 0 Å². The number of hydrogen-bond donors (Lipinski definition) is 1. The van der Waals surface area contributed by atoms with Crippen LogP contribution in [0.25, 0.3) is 10.2 Å². The summed E-state index contributed by atoms with van der Waals surface area (Å²) >= 11 is 1.08. The van der Waals surface area contributed by atoms with Gasteiger partial charge in [0.25, 0.3) is 0 Å². The van der Waals surface area contributed by atoms with E-state index in [2.05, 4.69) is 20.2 Å². The van der Waals surface area contributed by atoms with Crippen LogP contribution < -0.4 is 10.2 Å². The Balaban J connectivity index is 1.27. The van der Waals surface area contributed by atoms with Gasteiger partial charge in [-0.2, -0.15) is 13.2 Å².